The van der Waals surface area contributed by atoms with Crippen LogP contribution in [0.3, 0.4) is 0 Å². The summed E-state index contributed by atoms with van der Waals surface area (Å²) in [6.45, 7) is 7.70. The van der Waals surface area contributed by atoms with Crippen LogP contribution in [0.1, 0.15) is 37.2 Å². The Morgan fingerprint density at radius 1 is 1.09 bits per heavy atom. The van der Waals surface area contributed by atoms with Crippen LogP contribution < -0.4 is 10.2 Å². The average Bonchev–Trinajstić information content (AvgIpc) is 3.20. The van der Waals surface area contributed by atoms with Crippen molar-refractivity contribution in [2.75, 3.05) is 44.2 Å². The predicted octanol–water partition coefficient (Wildman–Crippen LogP) is 2.44. The summed E-state index contributed by atoms with van der Waals surface area (Å²) in [5, 5.41) is 3.44. The van der Waals surface area contributed by atoms with Crippen molar-refractivity contribution < 1.29 is 0 Å². The number of likely N-dealkylation sites (tertiary alicyclic amines) is 1. The number of rotatable bonds is 4. The molecule has 1 spiro atoms. The zero-order chi connectivity index (χ0) is 14.6. The highest BCUT2D eigenvalue weighted by Gasteiger charge is 2.48. The van der Waals surface area contributed by atoms with Gasteiger partial charge >= 0.3 is 0 Å². The molecule has 0 aromatic heterocycles. The van der Waals surface area contributed by atoms with Crippen LogP contribution in [0, 0.1) is 5.41 Å². The smallest absolute Gasteiger partial charge is 0.0417 e. The van der Waals surface area contributed by atoms with E-state index in [1.165, 1.54) is 65.0 Å². The summed E-state index contributed by atoms with van der Waals surface area (Å²) >= 11 is 0. The maximum atomic E-state index is 3.44. The second-order valence-electron chi connectivity index (χ2n) is 8.10. The predicted molar refractivity (Wildman–Crippen MR) is 90.5 cm³/mol. The summed E-state index contributed by atoms with van der Waals surface area (Å²) in [7, 11) is 0. The monoisotopic (exact) mass is 297 g/mol. The van der Waals surface area contributed by atoms with E-state index in [1.54, 1.807) is 11.3 Å². The van der Waals surface area contributed by atoms with Crippen molar-refractivity contribution in [3.05, 3.63) is 29.8 Å². The average molecular weight is 297 g/mol. The van der Waals surface area contributed by atoms with Gasteiger partial charge in [-0.3, -0.25) is 4.90 Å². The summed E-state index contributed by atoms with van der Waals surface area (Å²) in [5.41, 5.74) is 3.83. The van der Waals surface area contributed by atoms with Crippen LogP contribution in [0.15, 0.2) is 24.3 Å². The van der Waals surface area contributed by atoms with Crippen molar-refractivity contribution in [1.29, 1.82) is 0 Å². The van der Waals surface area contributed by atoms with Crippen molar-refractivity contribution in [2.24, 2.45) is 5.41 Å². The van der Waals surface area contributed by atoms with Crippen LogP contribution in [0.25, 0.3) is 0 Å². The fourth-order valence-corrected chi connectivity index (χ4v) is 4.86. The lowest BCUT2D eigenvalue weighted by Crippen LogP contribution is -2.71. The Kier molecular flexibility index (Phi) is 3.02. The van der Waals surface area contributed by atoms with Gasteiger partial charge in [-0.15, -0.1) is 0 Å². The molecule has 22 heavy (non-hydrogen) atoms. The Hall–Kier alpha value is -1.06. The molecular weight excluding hydrogens is 270 g/mol. The van der Waals surface area contributed by atoms with E-state index >= 15 is 0 Å². The van der Waals surface area contributed by atoms with Crippen molar-refractivity contribution in [1.82, 2.24) is 10.2 Å². The molecule has 3 nitrogen and oxygen atoms in total. The number of para-hydroxylation sites is 1. The fraction of sp³-hybridized carbons (Fsp3) is 0.684. The topological polar surface area (TPSA) is 18.5 Å². The van der Waals surface area contributed by atoms with E-state index in [-0.39, 0.29) is 0 Å². The quantitative estimate of drug-likeness (QED) is 0.921. The lowest BCUT2D eigenvalue weighted by molar-refractivity contribution is -0.0415. The second kappa shape index (κ2) is 4.97. The van der Waals surface area contributed by atoms with Gasteiger partial charge in [0.25, 0.3) is 0 Å². The maximum absolute atomic E-state index is 3.44. The lowest BCUT2D eigenvalue weighted by atomic mass is 9.74. The fourth-order valence-electron chi connectivity index (χ4n) is 4.86. The highest BCUT2D eigenvalue weighted by molar-refractivity contribution is 5.57. The minimum atomic E-state index is 0.662. The summed E-state index contributed by atoms with van der Waals surface area (Å²) in [6.07, 6.45) is 5.54. The van der Waals surface area contributed by atoms with Gasteiger partial charge in [0.05, 0.1) is 0 Å². The number of nitrogens with one attached hydrogen (secondary N) is 1. The molecule has 3 saturated heterocycles. The van der Waals surface area contributed by atoms with E-state index in [0.717, 1.165) is 12.0 Å². The Balaban J connectivity index is 1.30. The van der Waals surface area contributed by atoms with Crippen LogP contribution in [-0.4, -0.2) is 50.2 Å². The molecule has 5 rings (SSSR count). The summed E-state index contributed by atoms with van der Waals surface area (Å²) in [4.78, 5) is 5.43. The molecular formula is C19H27N3. The Bertz CT molecular complexity index is 554. The Morgan fingerprint density at radius 2 is 1.91 bits per heavy atom. The van der Waals surface area contributed by atoms with Gasteiger partial charge in [0.1, 0.15) is 0 Å². The van der Waals surface area contributed by atoms with Crippen LogP contribution in [-0.2, 0) is 0 Å². The first-order valence-corrected chi connectivity index (χ1v) is 9.12. The van der Waals surface area contributed by atoms with Crippen molar-refractivity contribution in [2.45, 2.75) is 37.6 Å². The summed E-state index contributed by atoms with van der Waals surface area (Å²) < 4.78 is 0. The molecule has 3 heteroatoms. The molecule has 1 saturated carbocycles. The second-order valence-corrected chi connectivity index (χ2v) is 8.10. The molecule has 0 bridgehead atoms. The molecule has 1 N–H and O–H groups in total. The van der Waals surface area contributed by atoms with E-state index in [0.29, 0.717) is 5.41 Å². The molecule has 1 aliphatic carbocycles. The zero-order valence-corrected chi connectivity index (χ0v) is 13.4. The van der Waals surface area contributed by atoms with Gasteiger partial charge in [0, 0.05) is 56.4 Å². The molecule has 0 amide bonds. The third-order valence-corrected chi connectivity index (χ3v) is 6.23. The van der Waals surface area contributed by atoms with Gasteiger partial charge in [-0.25, -0.2) is 0 Å². The molecule has 118 valence electrons. The van der Waals surface area contributed by atoms with Crippen LogP contribution >= 0.6 is 0 Å². The minimum absolute atomic E-state index is 0.662. The zero-order valence-electron chi connectivity index (χ0n) is 13.4. The third-order valence-electron chi connectivity index (χ3n) is 6.23. The van der Waals surface area contributed by atoms with E-state index in [2.05, 4.69) is 39.4 Å². The van der Waals surface area contributed by atoms with Gasteiger partial charge in [0.15, 0.2) is 0 Å². The van der Waals surface area contributed by atoms with Crippen molar-refractivity contribution in [3.63, 3.8) is 0 Å². The summed E-state index contributed by atoms with van der Waals surface area (Å²) in [6, 6.07) is 9.95. The van der Waals surface area contributed by atoms with E-state index in [9.17, 15) is 0 Å². The first kappa shape index (κ1) is 13.4. The molecule has 1 aromatic rings. The third kappa shape index (κ3) is 2.17. The van der Waals surface area contributed by atoms with Crippen LogP contribution in [0.5, 0.6) is 0 Å². The van der Waals surface area contributed by atoms with Crippen LogP contribution in [0.2, 0.25) is 0 Å². The van der Waals surface area contributed by atoms with Crippen molar-refractivity contribution in [3.8, 4) is 0 Å². The highest BCUT2D eigenvalue weighted by Crippen LogP contribution is 2.45. The first-order chi connectivity index (χ1) is 10.8. The standard InChI is InChI=1S/C19H27N3/c1-2-6-18(17(5-1)15-7-8-15)22-9-3-4-16(22)10-21-13-19(14-21)11-20-12-19/h1-2,5-6,15-16,20H,3-4,7-14H2. The maximum Gasteiger partial charge on any atom is 0.0417 e. The largest absolute Gasteiger partial charge is 0.367 e. The first-order valence-electron chi connectivity index (χ1n) is 9.12. The molecule has 4 aliphatic rings. The number of benzene rings is 1. The molecule has 1 unspecified atom stereocenters. The summed E-state index contributed by atoms with van der Waals surface area (Å²) in [5.74, 6) is 0.853. The Labute approximate surface area is 133 Å². The van der Waals surface area contributed by atoms with E-state index in [4.69, 9.17) is 0 Å². The minimum Gasteiger partial charge on any atom is -0.367 e. The van der Waals surface area contributed by atoms with Gasteiger partial charge < -0.3 is 10.2 Å². The Morgan fingerprint density at radius 3 is 2.64 bits per heavy atom. The van der Waals surface area contributed by atoms with Crippen LogP contribution in [0.4, 0.5) is 5.69 Å². The molecule has 0 radical (unpaired) electrons. The lowest BCUT2D eigenvalue weighted by Gasteiger charge is -2.57. The van der Waals surface area contributed by atoms with E-state index in [1.807, 2.05) is 0 Å². The van der Waals surface area contributed by atoms with Gasteiger partial charge in [-0.05, 0) is 43.2 Å². The molecule has 1 atom stereocenters. The SMILES string of the molecule is c1ccc(N2CCCC2CN2CC3(CNC3)C2)c(C2CC2)c1. The number of nitrogens with zero attached hydrogens (tertiary/aromatic N) is 2. The van der Waals surface area contributed by atoms with E-state index < -0.39 is 0 Å². The van der Waals surface area contributed by atoms with Gasteiger partial charge in [0.2, 0.25) is 0 Å². The molecule has 4 fully saturated rings. The normalized spacial score (nSPS) is 30.4. The van der Waals surface area contributed by atoms with Crippen molar-refractivity contribution >= 4 is 5.69 Å². The molecule has 1 aromatic carbocycles. The van der Waals surface area contributed by atoms with Gasteiger partial charge in [-0.1, -0.05) is 18.2 Å². The number of hydrogen-bond acceptors (Lipinski definition) is 3. The van der Waals surface area contributed by atoms with Gasteiger partial charge in [-0.2, -0.15) is 0 Å². The number of hydrogen-bond donors (Lipinski definition) is 1. The number of anilines is 1. The highest BCUT2D eigenvalue weighted by atomic mass is 15.3. The molecule has 3 heterocycles. The molecule has 3 aliphatic heterocycles.